The number of aromatic amines is 1. The molecule has 3 aromatic heterocycles. The van der Waals surface area contributed by atoms with Crippen LogP contribution in [0.2, 0.25) is 0 Å². The Bertz CT molecular complexity index is 1100. The highest BCUT2D eigenvalue weighted by Gasteiger charge is 2.30. The third-order valence-corrected chi connectivity index (χ3v) is 7.07. The van der Waals surface area contributed by atoms with Crippen molar-refractivity contribution in [1.29, 1.82) is 0 Å². The van der Waals surface area contributed by atoms with E-state index in [4.69, 9.17) is 4.74 Å². The standard InChI is InChI=1S/C18H26N8O3S/c1-4-29-16-15(13-11-19-20-12-13)7-10-26-17(16)22-18(23-26)21-14-5-8-25(9-6-14)30(27,28)24(2)3/h7,10-12,14H,4-6,8-9H2,1-3H3,(H,19,20)(H,21,23). The first-order chi connectivity index (χ1) is 14.4. The Kier molecular flexibility index (Phi) is 5.62. The molecule has 30 heavy (non-hydrogen) atoms. The lowest BCUT2D eigenvalue weighted by Crippen LogP contribution is -2.46. The average Bonchev–Trinajstić information content (AvgIpc) is 3.38. The lowest BCUT2D eigenvalue weighted by atomic mass is 10.1. The highest BCUT2D eigenvalue weighted by atomic mass is 32.2. The highest BCUT2D eigenvalue weighted by Crippen LogP contribution is 2.33. The van der Waals surface area contributed by atoms with Gasteiger partial charge in [-0.1, -0.05) is 0 Å². The summed E-state index contributed by atoms with van der Waals surface area (Å²) in [4.78, 5) is 4.64. The van der Waals surface area contributed by atoms with Crippen LogP contribution in [0, 0.1) is 0 Å². The van der Waals surface area contributed by atoms with E-state index < -0.39 is 10.2 Å². The van der Waals surface area contributed by atoms with Crippen molar-refractivity contribution in [3.05, 3.63) is 24.7 Å². The Morgan fingerprint density at radius 2 is 2.10 bits per heavy atom. The lowest BCUT2D eigenvalue weighted by Gasteiger charge is -2.32. The topological polar surface area (TPSA) is 121 Å². The van der Waals surface area contributed by atoms with E-state index in [-0.39, 0.29) is 6.04 Å². The number of hydrogen-bond donors (Lipinski definition) is 2. The Morgan fingerprint density at radius 1 is 1.33 bits per heavy atom. The number of pyridine rings is 1. The van der Waals surface area contributed by atoms with Crippen LogP contribution in [0.3, 0.4) is 0 Å². The molecule has 0 radical (unpaired) electrons. The van der Waals surface area contributed by atoms with Gasteiger partial charge in [-0.3, -0.25) is 5.10 Å². The van der Waals surface area contributed by atoms with E-state index in [2.05, 4.69) is 25.6 Å². The molecule has 0 bridgehead atoms. The van der Waals surface area contributed by atoms with Crippen molar-refractivity contribution in [3.63, 3.8) is 0 Å². The maximum atomic E-state index is 12.3. The van der Waals surface area contributed by atoms with Crippen molar-refractivity contribution >= 4 is 21.8 Å². The molecular formula is C18H26N8O3S. The zero-order valence-electron chi connectivity index (χ0n) is 17.2. The van der Waals surface area contributed by atoms with Gasteiger partial charge in [0.05, 0.1) is 12.8 Å². The second-order valence-electron chi connectivity index (χ2n) is 7.29. The molecule has 1 saturated heterocycles. The molecule has 1 aliphatic rings. The summed E-state index contributed by atoms with van der Waals surface area (Å²) in [5.41, 5.74) is 2.41. The molecule has 0 saturated carbocycles. The average molecular weight is 435 g/mol. The van der Waals surface area contributed by atoms with Gasteiger partial charge in [0.15, 0.2) is 11.4 Å². The molecule has 1 aliphatic heterocycles. The highest BCUT2D eigenvalue weighted by molar-refractivity contribution is 7.86. The van der Waals surface area contributed by atoms with Gasteiger partial charge >= 0.3 is 0 Å². The van der Waals surface area contributed by atoms with E-state index in [0.29, 0.717) is 49.9 Å². The van der Waals surface area contributed by atoms with Gasteiger partial charge in [-0.15, -0.1) is 5.10 Å². The van der Waals surface area contributed by atoms with Crippen LogP contribution in [0.4, 0.5) is 5.95 Å². The number of nitrogens with zero attached hydrogens (tertiary/aromatic N) is 6. The van der Waals surface area contributed by atoms with E-state index in [1.54, 1.807) is 31.0 Å². The van der Waals surface area contributed by atoms with Crippen LogP contribution in [0.15, 0.2) is 24.7 Å². The minimum atomic E-state index is -3.38. The largest absolute Gasteiger partial charge is 0.489 e. The summed E-state index contributed by atoms with van der Waals surface area (Å²) in [6.07, 6.45) is 6.74. The number of nitrogens with one attached hydrogen (secondary N) is 2. The second-order valence-corrected chi connectivity index (χ2v) is 9.43. The minimum absolute atomic E-state index is 0.0971. The van der Waals surface area contributed by atoms with Crippen LogP contribution in [-0.2, 0) is 10.2 Å². The van der Waals surface area contributed by atoms with Gasteiger partial charge in [0.2, 0.25) is 5.95 Å². The molecule has 2 N–H and O–H groups in total. The van der Waals surface area contributed by atoms with Crippen molar-refractivity contribution in [3.8, 4) is 16.9 Å². The van der Waals surface area contributed by atoms with Crippen LogP contribution in [0.5, 0.6) is 5.75 Å². The van der Waals surface area contributed by atoms with E-state index in [9.17, 15) is 8.42 Å². The van der Waals surface area contributed by atoms with Crippen molar-refractivity contribution in [2.24, 2.45) is 0 Å². The summed E-state index contributed by atoms with van der Waals surface area (Å²) in [6, 6.07) is 2.02. The minimum Gasteiger partial charge on any atom is -0.489 e. The second kappa shape index (κ2) is 8.20. The first-order valence-corrected chi connectivity index (χ1v) is 11.2. The normalized spacial score (nSPS) is 16.4. The monoisotopic (exact) mass is 434 g/mol. The summed E-state index contributed by atoms with van der Waals surface area (Å²) >= 11 is 0. The maximum Gasteiger partial charge on any atom is 0.281 e. The van der Waals surface area contributed by atoms with Gasteiger partial charge in [0, 0.05) is 56.7 Å². The first kappa shape index (κ1) is 20.6. The fourth-order valence-electron chi connectivity index (χ4n) is 3.54. The van der Waals surface area contributed by atoms with E-state index in [1.165, 1.54) is 8.61 Å². The molecule has 0 amide bonds. The van der Waals surface area contributed by atoms with Crippen LogP contribution in [-0.4, -0.2) is 81.7 Å². The van der Waals surface area contributed by atoms with Gasteiger partial charge in [-0.2, -0.15) is 27.1 Å². The molecule has 4 rings (SSSR count). The van der Waals surface area contributed by atoms with E-state index >= 15 is 0 Å². The maximum absolute atomic E-state index is 12.3. The summed E-state index contributed by atoms with van der Waals surface area (Å²) in [5, 5.41) is 14.7. The summed E-state index contributed by atoms with van der Waals surface area (Å²) in [7, 11) is -0.276. The number of hydrogen-bond acceptors (Lipinski definition) is 7. The van der Waals surface area contributed by atoms with Gasteiger partial charge in [0.1, 0.15) is 0 Å². The third-order valence-electron chi connectivity index (χ3n) is 5.13. The Labute approximate surface area is 175 Å². The Hall–Kier alpha value is -2.70. The van der Waals surface area contributed by atoms with E-state index in [1.807, 2.05) is 19.2 Å². The molecule has 3 aromatic rings. The number of rotatable bonds is 7. The molecule has 0 unspecified atom stereocenters. The molecule has 0 aromatic carbocycles. The van der Waals surface area contributed by atoms with Crippen LogP contribution in [0.1, 0.15) is 19.8 Å². The third kappa shape index (κ3) is 3.85. The van der Waals surface area contributed by atoms with Crippen molar-refractivity contribution < 1.29 is 13.2 Å². The number of aromatic nitrogens is 5. The Morgan fingerprint density at radius 3 is 2.73 bits per heavy atom. The van der Waals surface area contributed by atoms with Gasteiger partial charge < -0.3 is 10.1 Å². The number of ether oxygens (including phenoxy) is 1. The van der Waals surface area contributed by atoms with Crippen LogP contribution in [0.25, 0.3) is 16.8 Å². The summed E-state index contributed by atoms with van der Waals surface area (Å²) in [5.74, 6) is 1.14. The number of piperidine rings is 1. The van der Waals surface area contributed by atoms with Crippen molar-refractivity contribution in [2.45, 2.75) is 25.8 Å². The number of H-pyrrole nitrogens is 1. The molecular weight excluding hydrogens is 408 g/mol. The van der Waals surface area contributed by atoms with Gasteiger partial charge in [-0.05, 0) is 25.8 Å². The molecule has 12 heteroatoms. The van der Waals surface area contributed by atoms with Crippen LogP contribution < -0.4 is 10.1 Å². The number of fused-ring (bicyclic) bond motifs is 1. The smallest absolute Gasteiger partial charge is 0.281 e. The first-order valence-electron chi connectivity index (χ1n) is 9.85. The molecule has 0 spiro atoms. The molecule has 1 fully saturated rings. The van der Waals surface area contributed by atoms with Crippen molar-refractivity contribution in [1.82, 2.24) is 33.4 Å². The molecule has 0 aliphatic carbocycles. The van der Waals surface area contributed by atoms with Crippen molar-refractivity contribution in [2.75, 3.05) is 39.1 Å². The van der Waals surface area contributed by atoms with Gasteiger partial charge in [0.25, 0.3) is 10.2 Å². The lowest BCUT2D eigenvalue weighted by molar-refractivity contribution is 0.310. The van der Waals surface area contributed by atoms with Crippen LogP contribution >= 0.6 is 0 Å². The summed E-state index contributed by atoms with van der Waals surface area (Å²) in [6.45, 7) is 3.34. The SMILES string of the molecule is CCOc1c(-c2cn[nH]c2)ccn2nc(NC3CCN(S(=O)(=O)N(C)C)CC3)nc12. The molecule has 0 atom stereocenters. The fourth-order valence-corrected chi connectivity index (χ4v) is 4.68. The summed E-state index contributed by atoms with van der Waals surface area (Å²) < 4.78 is 34.9. The van der Waals surface area contributed by atoms with E-state index in [0.717, 1.165) is 11.1 Å². The predicted molar refractivity (Wildman–Crippen MR) is 113 cm³/mol. The quantitative estimate of drug-likeness (QED) is 0.573. The predicted octanol–water partition coefficient (Wildman–Crippen LogP) is 1.20. The molecule has 11 nitrogen and oxygen atoms in total. The Balaban J connectivity index is 1.53. The molecule has 4 heterocycles. The van der Waals surface area contributed by atoms with Gasteiger partial charge in [-0.25, -0.2) is 4.52 Å². The fraction of sp³-hybridized carbons (Fsp3) is 0.500. The zero-order valence-corrected chi connectivity index (χ0v) is 18.1. The molecule has 162 valence electrons. The zero-order chi connectivity index (χ0) is 21.3. The number of anilines is 1.